The minimum atomic E-state index is -0.511. The van der Waals surface area contributed by atoms with Crippen molar-refractivity contribution in [3.63, 3.8) is 0 Å². The van der Waals surface area contributed by atoms with Crippen molar-refractivity contribution < 1.29 is 18.7 Å². The number of rotatable bonds is 8. The van der Waals surface area contributed by atoms with E-state index in [1.165, 1.54) is 30.0 Å². The normalized spacial score (nSPS) is 10.6. The molecule has 3 rings (SSSR count). The second kappa shape index (κ2) is 9.62. The van der Waals surface area contributed by atoms with Crippen LogP contribution >= 0.6 is 23.4 Å². The molecule has 0 saturated carbocycles. The molecule has 0 aliphatic carbocycles. The van der Waals surface area contributed by atoms with Gasteiger partial charge in [0.05, 0.1) is 23.6 Å². The Morgan fingerprint density at radius 1 is 1.28 bits per heavy atom. The molecule has 1 heterocycles. The molecule has 7 nitrogen and oxygen atoms in total. The van der Waals surface area contributed by atoms with E-state index in [0.29, 0.717) is 28.2 Å². The zero-order valence-corrected chi connectivity index (χ0v) is 17.3. The molecule has 1 amide bonds. The van der Waals surface area contributed by atoms with E-state index in [-0.39, 0.29) is 23.3 Å². The number of carbonyl (C=O) groups excluding carboxylic acids is 1. The van der Waals surface area contributed by atoms with Gasteiger partial charge in [-0.15, -0.1) is 10.2 Å². The van der Waals surface area contributed by atoms with E-state index >= 15 is 0 Å². The van der Waals surface area contributed by atoms with Gasteiger partial charge in [0.25, 0.3) is 0 Å². The molecule has 0 atom stereocenters. The van der Waals surface area contributed by atoms with E-state index in [1.807, 2.05) is 12.1 Å². The first kappa shape index (κ1) is 20.9. The number of thioether (sulfide) groups is 1. The summed E-state index contributed by atoms with van der Waals surface area (Å²) in [5.74, 6) is 1.01. The largest absolute Gasteiger partial charge is 0.495 e. The lowest BCUT2D eigenvalue weighted by atomic mass is 10.3. The van der Waals surface area contributed by atoms with Crippen molar-refractivity contribution in [1.29, 1.82) is 0 Å². The number of hydrogen-bond acceptors (Lipinski definition) is 6. The van der Waals surface area contributed by atoms with Crippen LogP contribution in [0.3, 0.4) is 0 Å². The fraction of sp³-hybridized carbons (Fsp3) is 0.211. The number of para-hydroxylation sites is 2. The third kappa shape index (κ3) is 5.39. The van der Waals surface area contributed by atoms with Crippen molar-refractivity contribution in [3.8, 4) is 11.5 Å². The summed E-state index contributed by atoms with van der Waals surface area (Å²) in [4.78, 5) is 12.2. The number of nitrogens with zero attached hydrogens (tertiary/aromatic N) is 3. The lowest BCUT2D eigenvalue weighted by Crippen LogP contribution is -2.15. The summed E-state index contributed by atoms with van der Waals surface area (Å²) in [6.07, 6.45) is 0. The standard InChI is InChI=1S/C19H18ClFN4O3S/c1-25-17(10-28-12-7-8-14(21)13(20)9-12)23-24-19(25)29-11-18(26)22-15-5-3-4-6-16(15)27-2/h3-9H,10-11H2,1-2H3,(H,22,26). The van der Waals surface area contributed by atoms with Crippen LogP contribution < -0.4 is 14.8 Å². The third-order valence-corrected chi connectivity index (χ3v) is 5.21. The van der Waals surface area contributed by atoms with E-state index in [2.05, 4.69) is 15.5 Å². The molecular weight excluding hydrogens is 419 g/mol. The Labute approximate surface area is 176 Å². The summed E-state index contributed by atoms with van der Waals surface area (Å²) in [7, 11) is 3.32. The number of anilines is 1. The van der Waals surface area contributed by atoms with Gasteiger partial charge in [-0.1, -0.05) is 35.5 Å². The quantitative estimate of drug-likeness (QED) is 0.539. The lowest BCUT2D eigenvalue weighted by Gasteiger charge is -2.09. The van der Waals surface area contributed by atoms with E-state index in [1.54, 1.807) is 30.9 Å². The highest BCUT2D eigenvalue weighted by Gasteiger charge is 2.13. The Morgan fingerprint density at radius 2 is 2.07 bits per heavy atom. The third-order valence-electron chi connectivity index (χ3n) is 3.90. The number of carbonyl (C=O) groups is 1. The molecule has 3 aromatic rings. The molecule has 0 spiro atoms. The van der Waals surface area contributed by atoms with Crippen molar-refractivity contribution in [1.82, 2.24) is 14.8 Å². The van der Waals surface area contributed by atoms with Gasteiger partial charge in [-0.3, -0.25) is 4.79 Å². The zero-order valence-electron chi connectivity index (χ0n) is 15.7. The van der Waals surface area contributed by atoms with Gasteiger partial charge in [-0.05, 0) is 24.3 Å². The molecule has 152 valence electrons. The number of hydrogen-bond donors (Lipinski definition) is 1. The molecule has 29 heavy (non-hydrogen) atoms. The minimum Gasteiger partial charge on any atom is -0.495 e. The maximum absolute atomic E-state index is 13.2. The van der Waals surface area contributed by atoms with Gasteiger partial charge in [0, 0.05) is 13.1 Å². The molecule has 0 radical (unpaired) electrons. The number of amides is 1. The predicted molar refractivity (Wildman–Crippen MR) is 109 cm³/mol. The molecule has 0 saturated heterocycles. The molecule has 10 heteroatoms. The fourth-order valence-electron chi connectivity index (χ4n) is 2.38. The summed E-state index contributed by atoms with van der Waals surface area (Å²) in [6.45, 7) is 0.124. The van der Waals surface area contributed by atoms with Gasteiger partial charge < -0.3 is 19.4 Å². The first-order chi connectivity index (χ1) is 14.0. The molecule has 2 aromatic carbocycles. The average molecular weight is 437 g/mol. The van der Waals surface area contributed by atoms with E-state index < -0.39 is 5.82 Å². The number of benzene rings is 2. The zero-order chi connectivity index (χ0) is 20.8. The lowest BCUT2D eigenvalue weighted by molar-refractivity contribution is -0.113. The maximum atomic E-state index is 13.2. The van der Waals surface area contributed by atoms with Crippen LogP contribution in [-0.2, 0) is 18.4 Å². The van der Waals surface area contributed by atoms with Crippen LogP contribution in [0.25, 0.3) is 0 Å². The Balaban J connectivity index is 1.55. The molecule has 0 aliphatic heterocycles. The minimum absolute atomic E-state index is 0.0160. The van der Waals surface area contributed by atoms with Crippen LogP contribution in [0.4, 0.5) is 10.1 Å². The van der Waals surface area contributed by atoms with Crippen LogP contribution in [-0.4, -0.2) is 33.5 Å². The predicted octanol–water partition coefficient (Wildman–Crippen LogP) is 3.93. The molecule has 1 N–H and O–H groups in total. The Kier molecular flexibility index (Phi) is 6.95. The van der Waals surface area contributed by atoms with Crippen molar-refractivity contribution in [2.45, 2.75) is 11.8 Å². The Bertz CT molecular complexity index is 1010. The summed E-state index contributed by atoms with van der Waals surface area (Å²) in [6, 6.07) is 11.3. The summed E-state index contributed by atoms with van der Waals surface area (Å²) in [5.41, 5.74) is 0.602. The number of methoxy groups -OCH3 is 1. The van der Waals surface area contributed by atoms with Crippen LogP contribution in [0.5, 0.6) is 11.5 Å². The summed E-state index contributed by atoms with van der Waals surface area (Å²) in [5, 5.41) is 11.5. The topological polar surface area (TPSA) is 78.3 Å². The number of ether oxygens (including phenoxy) is 2. The van der Waals surface area contributed by atoms with Gasteiger partial charge >= 0.3 is 0 Å². The van der Waals surface area contributed by atoms with E-state index in [0.717, 1.165) is 0 Å². The van der Waals surface area contributed by atoms with Crippen molar-refractivity contribution in [3.05, 3.63) is 59.1 Å². The van der Waals surface area contributed by atoms with Crippen molar-refractivity contribution in [2.75, 3.05) is 18.2 Å². The molecule has 0 bridgehead atoms. The maximum Gasteiger partial charge on any atom is 0.234 e. The monoisotopic (exact) mass is 436 g/mol. The van der Waals surface area contributed by atoms with E-state index in [9.17, 15) is 9.18 Å². The Morgan fingerprint density at radius 3 is 2.83 bits per heavy atom. The highest BCUT2D eigenvalue weighted by atomic mass is 35.5. The van der Waals surface area contributed by atoms with Gasteiger partial charge in [0.1, 0.15) is 23.9 Å². The highest BCUT2D eigenvalue weighted by Crippen LogP contribution is 2.24. The SMILES string of the molecule is COc1ccccc1NC(=O)CSc1nnc(COc2ccc(F)c(Cl)c2)n1C. The molecule has 1 aromatic heterocycles. The Hall–Kier alpha value is -2.78. The van der Waals surface area contributed by atoms with Gasteiger partial charge in [0.2, 0.25) is 5.91 Å². The summed E-state index contributed by atoms with van der Waals surface area (Å²) < 4.78 is 25.7. The molecular formula is C19H18ClFN4O3S. The van der Waals surface area contributed by atoms with Crippen LogP contribution in [0.1, 0.15) is 5.82 Å². The molecule has 0 aliphatic rings. The van der Waals surface area contributed by atoms with Gasteiger partial charge in [-0.25, -0.2) is 4.39 Å². The van der Waals surface area contributed by atoms with E-state index in [4.69, 9.17) is 21.1 Å². The van der Waals surface area contributed by atoms with Crippen molar-refractivity contribution >= 4 is 35.0 Å². The van der Waals surface area contributed by atoms with Crippen LogP contribution in [0.15, 0.2) is 47.6 Å². The first-order valence-electron chi connectivity index (χ1n) is 8.49. The number of aromatic nitrogens is 3. The number of halogens is 2. The average Bonchev–Trinajstić information content (AvgIpc) is 3.07. The molecule has 0 fully saturated rings. The smallest absolute Gasteiger partial charge is 0.234 e. The van der Waals surface area contributed by atoms with Gasteiger partial charge in [-0.2, -0.15) is 0 Å². The van der Waals surface area contributed by atoms with Crippen molar-refractivity contribution in [2.24, 2.45) is 7.05 Å². The summed E-state index contributed by atoms with van der Waals surface area (Å²) >= 11 is 6.99. The second-order valence-electron chi connectivity index (χ2n) is 5.86. The fourth-order valence-corrected chi connectivity index (χ4v) is 3.28. The number of nitrogens with one attached hydrogen (secondary N) is 1. The van der Waals surface area contributed by atoms with Crippen LogP contribution in [0.2, 0.25) is 5.02 Å². The molecule has 0 unspecified atom stereocenters. The second-order valence-corrected chi connectivity index (χ2v) is 7.21. The van der Waals surface area contributed by atoms with Crippen LogP contribution in [0, 0.1) is 5.82 Å². The first-order valence-corrected chi connectivity index (χ1v) is 9.86. The van der Waals surface area contributed by atoms with Gasteiger partial charge in [0.15, 0.2) is 11.0 Å². The highest BCUT2D eigenvalue weighted by molar-refractivity contribution is 7.99.